The van der Waals surface area contributed by atoms with Gasteiger partial charge in [0.05, 0.1) is 0 Å². The van der Waals surface area contributed by atoms with Crippen LogP contribution in [0.3, 0.4) is 0 Å². The van der Waals surface area contributed by atoms with Crippen molar-refractivity contribution in [3.8, 4) is 0 Å². The van der Waals surface area contributed by atoms with Gasteiger partial charge in [-0.05, 0) is 36.0 Å². The third-order valence-electron chi connectivity index (χ3n) is 5.54. The molecule has 2 bridgehead atoms. The molecule has 3 rings (SSSR count). The molecule has 0 aromatic carbocycles. The van der Waals surface area contributed by atoms with Crippen LogP contribution in [0.4, 0.5) is 0 Å². The van der Waals surface area contributed by atoms with Crippen LogP contribution in [0, 0.1) is 23.7 Å². The largest absolute Gasteiger partial charge is 0.340 e. The summed E-state index contributed by atoms with van der Waals surface area (Å²) in [6.07, 6.45) is 5.02. The van der Waals surface area contributed by atoms with Gasteiger partial charge in [0.1, 0.15) is 0 Å². The van der Waals surface area contributed by atoms with E-state index >= 15 is 0 Å². The topological polar surface area (TPSA) is 51.0 Å². The normalized spacial score (nSPS) is 36.0. The minimum absolute atomic E-state index is 0.417. The molecule has 2 aliphatic carbocycles. The summed E-state index contributed by atoms with van der Waals surface area (Å²) in [6.45, 7) is 10.1. The van der Waals surface area contributed by atoms with Gasteiger partial charge in [0.2, 0.25) is 5.89 Å². The summed E-state index contributed by atoms with van der Waals surface area (Å²) in [6, 6.07) is 0.617. The molecule has 106 valence electrons. The third-order valence-corrected chi connectivity index (χ3v) is 5.54. The number of hydrogen-bond acceptors (Lipinski definition) is 4. The summed E-state index contributed by atoms with van der Waals surface area (Å²) < 4.78 is 5.01. The van der Waals surface area contributed by atoms with Crippen molar-refractivity contribution in [1.29, 1.82) is 0 Å². The molecule has 2 fully saturated rings. The van der Waals surface area contributed by atoms with Crippen LogP contribution in [0.15, 0.2) is 4.52 Å². The van der Waals surface area contributed by atoms with Crippen LogP contribution >= 0.6 is 0 Å². The van der Waals surface area contributed by atoms with Gasteiger partial charge in [0.25, 0.3) is 0 Å². The van der Waals surface area contributed by atoms with E-state index in [0.717, 1.165) is 24.7 Å². The second-order valence-corrected chi connectivity index (χ2v) is 7.28. The average Bonchev–Trinajstić information content (AvgIpc) is 2.95. The van der Waals surface area contributed by atoms with Crippen LogP contribution in [0.1, 0.15) is 51.7 Å². The summed E-state index contributed by atoms with van der Waals surface area (Å²) in [5, 5.41) is 7.74. The van der Waals surface area contributed by atoms with Crippen LogP contribution in [0.2, 0.25) is 0 Å². The van der Waals surface area contributed by atoms with Crippen molar-refractivity contribution in [3.05, 3.63) is 11.7 Å². The summed E-state index contributed by atoms with van der Waals surface area (Å²) in [5.74, 6) is 2.36. The molecular weight excluding hydrogens is 238 g/mol. The summed E-state index contributed by atoms with van der Waals surface area (Å²) in [4.78, 5) is 4.26. The zero-order valence-corrected chi connectivity index (χ0v) is 12.5. The molecule has 3 unspecified atom stereocenters. The highest BCUT2D eigenvalue weighted by atomic mass is 16.5. The van der Waals surface area contributed by atoms with Gasteiger partial charge in [0.15, 0.2) is 5.82 Å². The van der Waals surface area contributed by atoms with E-state index < -0.39 is 0 Å². The predicted molar refractivity (Wildman–Crippen MR) is 73.8 cm³/mol. The molecule has 3 atom stereocenters. The Balaban J connectivity index is 1.60. The lowest BCUT2D eigenvalue weighted by Crippen LogP contribution is -2.50. The molecule has 0 aliphatic heterocycles. The fourth-order valence-corrected chi connectivity index (χ4v) is 4.58. The standard InChI is InChI=1S/C15H25N3O/c1-10-17-12(18-19-10)6-8-16-13-14(2,3)11-5-7-15(13,4)9-11/h11,13,16H,5-9H2,1-4H3. The Bertz CT molecular complexity index is 463. The minimum Gasteiger partial charge on any atom is -0.340 e. The molecule has 1 N–H and O–H groups in total. The first-order valence-corrected chi connectivity index (χ1v) is 7.44. The average molecular weight is 263 g/mol. The highest BCUT2D eigenvalue weighted by Gasteiger charge is 2.58. The quantitative estimate of drug-likeness (QED) is 0.907. The number of fused-ring (bicyclic) bond motifs is 2. The molecular formula is C15H25N3O. The Labute approximate surface area is 115 Å². The van der Waals surface area contributed by atoms with Gasteiger partial charge in [0, 0.05) is 25.9 Å². The van der Waals surface area contributed by atoms with Gasteiger partial charge in [-0.2, -0.15) is 4.98 Å². The molecule has 1 aromatic rings. The van der Waals surface area contributed by atoms with Crippen LogP contribution < -0.4 is 5.32 Å². The first-order chi connectivity index (χ1) is 8.92. The fraction of sp³-hybridized carbons (Fsp3) is 0.867. The molecule has 0 radical (unpaired) electrons. The molecule has 1 aromatic heterocycles. The molecule has 1 heterocycles. The monoisotopic (exact) mass is 263 g/mol. The molecule has 4 nitrogen and oxygen atoms in total. The van der Waals surface area contributed by atoms with Gasteiger partial charge >= 0.3 is 0 Å². The Morgan fingerprint density at radius 2 is 2.16 bits per heavy atom. The van der Waals surface area contributed by atoms with Crippen molar-refractivity contribution in [2.45, 2.75) is 59.4 Å². The van der Waals surface area contributed by atoms with E-state index in [0.29, 0.717) is 22.8 Å². The second kappa shape index (κ2) is 4.30. The van der Waals surface area contributed by atoms with E-state index in [1.54, 1.807) is 0 Å². The van der Waals surface area contributed by atoms with E-state index in [9.17, 15) is 0 Å². The predicted octanol–water partition coefficient (Wildman–Crippen LogP) is 2.72. The van der Waals surface area contributed by atoms with Crippen molar-refractivity contribution < 1.29 is 4.52 Å². The van der Waals surface area contributed by atoms with Gasteiger partial charge < -0.3 is 9.84 Å². The molecule has 19 heavy (non-hydrogen) atoms. The molecule has 4 heteroatoms. The summed E-state index contributed by atoms with van der Waals surface area (Å²) in [7, 11) is 0. The lowest BCUT2D eigenvalue weighted by Gasteiger charge is -2.43. The zero-order chi connectivity index (χ0) is 13.7. The summed E-state index contributed by atoms with van der Waals surface area (Å²) in [5.41, 5.74) is 0.904. The lowest BCUT2D eigenvalue weighted by atomic mass is 9.68. The van der Waals surface area contributed by atoms with Crippen molar-refractivity contribution in [3.63, 3.8) is 0 Å². The maximum atomic E-state index is 5.01. The van der Waals surface area contributed by atoms with Crippen molar-refractivity contribution in [2.24, 2.45) is 16.7 Å². The van der Waals surface area contributed by atoms with Gasteiger partial charge in [-0.15, -0.1) is 0 Å². The number of nitrogens with zero attached hydrogens (tertiary/aromatic N) is 2. The third kappa shape index (κ3) is 2.10. The highest BCUT2D eigenvalue weighted by Crippen LogP contribution is 2.62. The first kappa shape index (κ1) is 13.1. The van der Waals surface area contributed by atoms with E-state index in [1.165, 1.54) is 19.3 Å². The number of hydrogen-bond donors (Lipinski definition) is 1. The maximum Gasteiger partial charge on any atom is 0.223 e. The highest BCUT2D eigenvalue weighted by molar-refractivity contribution is 5.12. The smallest absolute Gasteiger partial charge is 0.223 e. The van der Waals surface area contributed by atoms with Crippen LogP contribution in [-0.2, 0) is 6.42 Å². The fourth-order valence-electron chi connectivity index (χ4n) is 4.58. The maximum absolute atomic E-state index is 5.01. The Hall–Kier alpha value is -0.900. The first-order valence-electron chi connectivity index (χ1n) is 7.44. The summed E-state index contributed by atoms with van der Waals surface area (Å²) >= 11 is 0. The molecule has 2 saturated carbocycles. The number of aromatic nitrogens is 2. The van der Waals surface area contributed by atoms with Crippen molar-refractivity contribution in [2.75, 3.05) is 6.54 Å². The van der Waals surface area contributed by atoms with Crippen molar-refractivity contribution in [1.82, 2.24) is 15.5 Å². The molecule has 0 saturated heterocycles. The molecule has 2 aliphatic rings. The number of aryl methyl sites for hydroxylation is 1. The van der Waals surface area contributed by atoms with Gasteiger partial charge in [-0.1, -0.05) is 25.9 Å². The zero-order valence-electron chi connectivity index (χ0n) is 12.5. The van der Waals surface area contributed by atoms with Crippen LogP contribution in [0.25, 0.3) is 0 Å². The van der Waals surface area contributed by atoms with Crippen molar-refractivity contribution >= 4 is 0 Å². The lowest BCUT2D eigenvalue weighted by molar-refractivity contribution is 0.110. The number of nitrogens with one attached hydrogen (secondary N) is 1. The van der Waals surface area contributed by atoms with Gasteiger partial charge in [-0.25, -0.2) is 0 Å². The van der Waals surface area contributed by atoms with Gasteiger partial charge in [-0.3, -0.25) is 0 Å². The Morgan fingerprint density at radius 1 is 1.37 bits per heavy atom. The Morgan fingerprint density at radius 3 is 2.74 bits per heavy atom. The van der Waals surface area contributed by atoms with Crippen LogP contribution in [-0.4, -0.2) is 22.7 Å². The number of rotatable bonds is 4. The van der Waals surface area contributed by atoms with E-state index in [2.05, 4.69) is 36.2 Å². The van der Waals surface area contributed by atoms with E-state index in [1.807, 2.05) is 6.92 Å². The van der Waals surface area contributed by atoms with E-state index in [4.69, 9.17) is 4.52 Å². The second-order valence-electron chi connectivity index (χ2n) is 7.28. The van der Waals surface area contributed by atoms with E-state index in [-0.39, 0.29) is 0 Å². The Kier molecular flexibility index (Phi) is 2.97. The molecule has 0 spiro atoms. The van der Waals surface area contributed by atoms with Crippen LogP contribution in [0.5, 0.6) is 0 Å². The minimum atomic E-state index is 0.417. The molecule has 0 amide bonds. The SMILES string of the molecule is Cc1nc(CCNC2C3(C)CCC(C3)C2(C)C)no1.